The van der Waals surface area contributed by atoms with Crippen molar-refractivity contribution in [1.29, 1.82) is 0 Å². The third kappa shape index (κ3) is 2.84. The summed E-state index contributed by atoms with van der Waals surface area (Å²) < 4.78 is 8.44. The van der Waals surface area contributed by atoms with Crippen LogP contribution in [0.15, 0.2) is 30.3 Å². The third-order valence-corrected chi connectivity index (χ3v) is 4.57. The van der Waals surface area contributed by atoms with E-state index in [1.807, 2.05) is 41.8 Å². The van der Waals surface area contributed by atoms with Gasteiger partial charge in [0.2, 0.25) is 5.95 Å². The molecule has 0 saturated carbocycles. The van der Waals surface area contributed by atoms with E-state index >= 15 is 0 Å². The molecule has 1 aromatic carbocycles. The molecule has 3 rings (SSSR count). The monoisotopic (exact) mass is 321 g/mol. The van der Waals surface area contributed by atoms with Crippen molar-refractivity contribution >= 4 is 39.9 Å². The van der Waals surface area contributed by atoms with Gasteiger partial charge in [-0.05, 0) is 37.6 Å². The number of benzene rings is 1. The first kappa shape index (κ1) is 14.2. The number of rotatable bonds is 5. The molecule has 2 heterocycles. The number of thiophene rings is 1. The molecular weight excluding hydrogens is 306 g/mol. The zero-order valence-corrected chi connectivity index (χ0v) is 13.2. The van der Waals surface area contributed by atoms with Gasteiger partial charge in [0.25, 0.3) is 0 Å². The number of halogens is 1. The van der Waals surface area contributed by atoms with Gasteiger partial charge in [-0.15, -0.1) is 11.3 Å². The largest absolute Gasteiger partial charge is 0.492 e. The number of hydrogen-bond donors (Lipinski definition) is 1. The number of fused-ring (bicyclic) bond motifs is 1. The minimum Gasteiger partial charge on any atom is -0.492 e. The molecule has 0 saturated heterocycles. The van der Waals surface area contributed by atoms with Crippen molar-refractivity contribution in [1.82, 2.24) is 9.55 Å². The number of aromatic nitrogens is 2. The topological polar surface area (TPSA) is 53.1 Å². The van der Waals surface area contributed by atoms with E-state index in [1.54, 1.807) is 11.3 Å². The lowest BCUT2D eigenvalue weighted by Crippen LogP contribution is -2.05. The minimum absolute atomic E-state index is 0.514. The van der Waals surface area contributed by atoms with Crippen LogP contribution in [-0.4, -0.2) is 16.2 Å². The van der Waals surface area contributed by atoms with Crippen LogP contribution in [0.1, 0.15) is 11.8 Å². The summed E-state index contributed by atoms with van der Waals surface area (Å²) in [5.41, 5.74) is 7.88. The second kappa shape index (κ2) is 5.95. The Morgan fingerprint density at radius 1 is 1.33 bits per heavy atom. The number of hydrogen-bond acceptors (Lipinski definition) is 4. The Morgan fingerprint density at radius 3 is 2.90 bits per heavy atom. The van der Waals surface area contributed by atoms with E-state index in [4.69, 9.17) is 22.1 Å². The molecule has 0 atom stereocenters. The van der Waals surface area contributed by atoms with Crippen molar-refractivity contribution in [2.45, 2.75) is 19.9 Å². The molecule has 21 heavy (non-hydrogen) atoms. The number of nitrogens with two attached hydrogens (primary N) is 1. The summed E-state index contributed by atoms with van der Waals surface area (Å²) in [6.45, 7) is 3.34. The van der Waals surface area contributed by atoms with E-state index in [9.17, 15) is 0 Å². The normalized spacial score (nSPS) is 11.1. The van der Waals surface area contributed by atoms with E-state index < -0.39 is 0 Å². The molecule has 0 amide bonds. The van der Waals surface area contributed by atoms with Crippen LogP contribution in [-0.2, 0) is 13.0 Å². The van der Waals surface area contributed by atoms with Crippen molar-refractivity contribution in [2.75, 3.05) is 12.3 Å². The zero-order chi connectivity index (χ0) is 14.8. The second-order valence-electron chi connectivity index (χ2n) is 4.63. The van der Waals surface area contributed by atoms with Gasteiger partial charge in [-0.25, -0.2) is 4.98 Å². The quantitative estimate of drug-likeness (QED) is 0.773. The highest BCUT2D eigenvalue weighted by Crippen LogP contribution is 2.28. The highest BCUT2D eigenvalue weighted by Gasteiger charge is 2.12. The molecule has 0 aliphatic carbocycles. The van der Waals surface area contributed by atoms with Crippen LogP contribution >= 0.6 is 22.9 Å². The summed E-state index contributed by atoms with van der Waals surface area (Å²) in [5, 5.41) is 0. The van der Waals surface area contributed by atoms with Gasteiger partial charge in [-0.2, -0.15) is 0 Å². The standard InChI is InChI=1S/C15H16ClN3OS/c1-2-20-12-5-3-4-11-14(12)18-15(17)19(11)9-8-10-6-7-13(16)21-10/h3-7H,2,8-9H2,1H3,(H2,17,18). The fourth-order valence-electron chi connectivity index (χ4n) is 2.35. The van der Waals surface area contributed by atoms with Crippen LogP contribution < -0.4 is 10.5 Å². The lowest BCUT2D eigenvalue weighted by Gasteiger charge is -2.06. The molecule has 110 valence electrons. The van der Waals surface area contributed by atoms with Gasteiger partial charge < -0.3 is 15.0 Å². The average Bonchev–Trinajstić information content (AvgIpc) is 3.01. The van der Waals surface area contributed by atoms with Gasteiger partial charge in [0.15, 0.2) is 0 Å². The maximum Gasteiger partial charge on any atom is 0.201 e. The molecule has 4 nitrogen and oxygen atoms in total. The molecule has 0 bridgehead atoms. The maximum absolute atomic E-state index is 6.06. The third-order valence-electron chi connectivity index (χ3n) is 3.28. The van der Waals surface area contributed by atoms with Crippen molar-refractivity contribution in [3.8, 4) is 5.75 Å². The predicted molar refractivity (Wildman–Crippen MR) is 88.3 cm³/mol. The average molecular weight is 322 g/mol. The Hall–Kier alpha value is -1.72. The van der Waals surface area contributed by atoms with Gasteiger partial charge in [0.1, 0.15) is 11.3 Å². The van der Waals surface area contributed by atoms with Crippen LogP contribution in [0.4, 0.5) is 5.95 Å². The van der Waals surface area contributed by atoms with Gasteiger partial charge in [0, 0.05) is 11.4 Å². The number of aryl methyl sites for hydroxylation is 2. The number of para-hydroxylation sites is 1. The van der Waals surface area contributed by atoms with Crippen LogP contribution in [0.2, 0.25) is 4.34 Å². The van der Waals surface area contributed by atoms with Crippen LogP contribution in [0, 0.1) is 0 Å². The summed E-state index contributed by atoms with van der Waals surface area (Å²) in [5.74, 6) is 1.29. The molecule has 2 aromatic heterocycles. The molecule has 0 fully saturated rings. The Bertz CT molecular complexity index is 765. The van der Waals surface area contributed by atoms with E-state index in [1.165, 1.54) is 4.88 Å². The zero-order valence-electron chi connectivity index (χ0n) is 11.7. The van der Waals surface area contributed by atoms with Gasteiger partial charge in [-0.1, -0.05) is 17.7 Å². The summed E-state index contributed by atoms with van der Waals surface area (Å²) in [6, 6.07) is 9.87. The number of anilines is 1. The molecule has 3 aromatic rings. The van der Waals surface area contributed by atoms with Crippen LogP contribution in [0.25, 0.3) is 11.0 Å². The molecule has 2 N–H and O–H groups in total. The predicted octanol–water partition coefficient (Wildman–Crippen LogP) is 3.97. The molecule has 0 spiro atoms. The second-order valence-corrected chi connectivity index (χ2v) is 6.43. The summed E-state index contributed by atoms with van der Waals surface area (Å²) in [4.78, 5) is 5.68. The Kier molecular flexibility index (Phi) is 4.03. The first-order valence-electron chi connectivity index (χ1n) is 6.80. The molecule has 0 radical (unpaired) electrons. The number of nitrogen functional groups attached to an aromatic ring is 1. The van der Waals surface area contributed by atoms with Crippen LogP contribution in [0.5, 0.6) is 5.75 Å². The molecule has 0 aliphatic heterocycles. The number of ether oxygens (including phenoxy) is 1. The summed E-state index contributed by atoms with van der Waals surface area (Å²) in [7, 11) is 0. The fourth-order valence-corrected chi connectivity index (χ4v) is 3.43. The SMILES string of the molecule is CCOc1cccc2c1nc(N)n2CCc1ccc(Cl)s1. The van der Waals surface area contributed by atoms with E-state index in [0.717, 1.165) is 34.1 Å². The first-order chi connectivity index (χ1) is 10.2. The van der Waals surface area contributed by atoms with Gasteiger partial charge in [-0.3, -0.25) is 0 Å². The van der Waals surface area contributed by atoms with Crippen molar-refractivity contribution in [3.05, 3.63) is 39.5 Å². The van der Waals surface area contributed by atoms with E-state index in [-0.39, 0.29) is 0 Å². The Labute approximate surface area is 132 Å². The van der Waals surface area contributed by atoms with Crippen molar-refractivity contribution in [2.24, 2.45) is 0 Å². The molecule has 0 aliphatic rings. The minimum atomic E-state index is 0.514. The van der Waals surface area contributed by atoms with Gasteiger partial charge >= 0.3 is 0 Å². The van der Waals surface area contributed by atoms with Crippen molar-refractivity contribution < 1.29 is 4.74 Å². The van der Waals surface area contributed by atoms with Crippen molar-refractivity contribution in [3.63, 3.8) is 0 Å². The van der Waals surface area contributed by atoms with Crippen LogP contribution in [0.3, 0.4) is 0 Å². The highest BCUT2D eigenvalue weighted by atomic mass is 35.5. The summed E-state index contributed by atoms with van der Waals surface area (Å²) >= 11 is 7.56. The maximum atomic E-state index is 6.06. The molecule has 0 unspecified atom stereocenters. The fraction of sp³-hybridized carbons (Fsp3) is 0.267. The molecular formula is C15H16ClN3OS. The Balaban J connectivity index is 1.91. The number of imidazole rings is 1. The van der Waals surface area contributed by atoms with Gasteiger partial charge in [0.05, 0.1) is 16.5 Å². The lowest BCUT2D eigenvalue weighted by molar-refractivity contribution is 0.343. The van der Waals surface area contributed by atoms with E-state index in [0.29, 0.717) is 12.6 Å². The smallest absolute Gasteiger partial charge is 0.201 e. The lowest BCUT2D eigenvalue weighted by atomic mass is 10.3. The first-order valence-corrected chi connectivity index (χ1v) is 8.00. The summed E-state index contributed by atoms with van der Waals surface area (Å²) in [6.07, 6.45) is 0.881. The highest BCUT2D eigenvalue weighted by molar-refractivity contribution is 7.16. The number of nitrogens with zero attached hydrogens (tertiary/aromatic N) is 2. The van der Waals surface area contributed by atoms with E-state index in [2.05, 4.69) is 4.98 Å². The molecule has 6 heteroatoms. The Morgan fingerprint density at radius 2 is 2.19 bits per heavy atom.